The van der Waals surface area contributed by atoms with E-state index in [1.165, 1.54) is 49.6 Å². The van der Waals surface area contributed by atoms with Gasteiger partial charge < -0.3 is 19.7 Å². The van der Waals surface area contributed by atoms with E-state index in [2.05, 4.69) is 10.2 Å². The van der Waals surface area contributed by atoms with Crippen LogP contribution in [-0.2, 0) is 19.1 Å². The van der Waals surface area contributed by atoms with Crippen molar-refractivity contribution >= 4 is 23.4 Å². The summed E-state index contributed by atoms with van der Waals surface area (Å²) < 4.78 is 23.8. The second kappa shape index (κ2) is 13.5. The Hall–Kier alpha value is -4.38. The molecule has 0 amide bonds. The minimum atomic E-state index is -1.05. The molecule has 11 heteroatoms. The fourth-order valence-corrected chi connectivity index (χ4v) is 5.65. The minimum absolute atomic E-state index is 0.0251. The number of para-hydroxylation sites is 1. The van der Waals surface area contributed by atoms with Crippen LogP contribution >= 0.6 is 0 Å². The minimum Gasteiger partial charge on any atom is -0.466 e. The molecule has 1 fully saturated rings. The molecule has 42 heavy (non-hydrogen) atoms. The number of Topliss-reactive ketones (excluding diaryl/α,β-unsaturated/α-hetero) is 1. The van der Waals surface area contributed by atoms with Crippen molar-refractivity contribution in [2.75, 3.05) is 33.4 Å². The Labute approximate surface area is 243 Å². The third kappa shape index (κ3) is 6.73. The number of methoxy groups -OCH3 is 1. The van der Waals surface area contributed by atoms with E-state index < -0.39 is 22.8 Å². The summed E-state index contributed by atoms with van der Waals surface area (Å²) in [5.41, 5.74) is 1.55. The number of nitrogens with one attached hydrogen (secondary N) is 1. The SMILES string of the molecule is COC(=O)C1=C(C)NC(C)=C(C(=O)OCCCN2CCC(C(=O)c3ccc(F)cc3)CC2)C1c1ccccc1[N+](=O)[O-]. The monoisotopic (exact) mass is 579 g/mol. The number of dihydropyridines is 1. The van der Waals surface area contributed by atoms with Gasteiger partial charge in [-0.25, -0.2) is 14.0 Å². The van der Waals surface area contributed by atoms with Crippen molar-refractivity contribution in [3.05, 3.63) is 98.1 Å². The maximum absolute atomic E-state index is 13.4. The Morgan fingerprint density at radius 2 is 1.62 bits per heavy atom. The molecule has 0 aromatic heterocycles. The number of esters is 2. The molecule has 1 saturated heterocycles. The Bertz CT molecular complexity index is 1430. The molecular weight excluding hydrogens is 545 g/mol. The van der Waals surface area contributed by atoms with E-state index in [9.17, 15) is 28.9 Å². The number of hydrogen-bond donors (Lipinski definition) is 1. The molecular formula is C31H34FN3O7. The first-order valence-electron chi connectivity index (χ1n) is 13.8. The van der Waals surface area contributed by atoms with E-state index >= 15 is 0 Å². The number of ether oxygens (including phenoxy) is 2. The van der Waals surface area contributed by atoms with Crippen LogP contribution in [0.25, 0.3) is 0 Å². The van der Waals surface area contributed by atoms with Gasteiger partial charge in [0.25, 0.3) is 5.69 Å². The summed E-state index contributed by atoms with van der Waals surface area (Å²) in [4.78, 5) is 52.5. The molecule has 4 rings (SSSR count). The number of carbonyl (C=O) groups is 3. The summed E-state index contributed by atoms with van der Waals surface area (Å²) in [6.07, 6.45) is 1.91. The quantitative estimate of drug-likeness (QED) is 0.140. The summed E-state index contributed by atoms with van der Waals surface area (Å²) in [6.45, 7) is 5.49. The first-order valence-corrected chi connectivity index (χ1v) is 13.8. The molecule has 0 bridgehead atoms. The van der Waals surface area contributed by atoms with Gasteiger partial charge in [0.05, 0.1) is 35.7 Å². The summed E-state index contributed by atoms with van der Waals surface area (Å²) >= 11 is 0. The molecule has 222 valence electrons. The van der Waals surface area contributed by atoms with Crippen LogP contribution < -0.4 is 5.32 Å². The lowest BCUT2D eigenvalue weighted by atomic mass is 9.79. The zero-order chi connectivity index (χ0) is 30.4. The smallest absolute Gasteiger partial charge is 0.336 e. The summed E-state index contributed by atoms with van der Waals surface area (Å²) in [5, 5.41) is 14.9. The summed E-state index contributed by atoms with van der Waals surface area (Å²) in [6, 6.07) is 11.6. The Balaban J connectivity index is 1.38. The van der Waals surface area contributed by atoms with Crippen molar-refractivity contribution in [3.8, 4) is 0 Å². The molecule has 1 atom stereocenters. The number of allylic oxidation sites excluding steroid dienone is 2. The van der Waals surface area contributed by atoms with Crippen LogP contribution in [0.5, 0.6) is 0 Å². The van der Waals surface area contributed by atoms with Gasteiger partial charge in [0.15, 0.2) is 5.78 Å². The van der Waals surface area contributed by atoms with E-state index in [0.717, 1.165) is 0 Å². The molecule has 2 aliphatic rings. The van der Waals surface area contributed by atoms with Crippen molar-refractivity contribution in [1.29, 1.82) is 0 Å². The van der Waals surface area contributed by atoms with Gasteiger partial charge in [-0.2, -0.15) is 0 Å². The summed E-state index contributed by atoms with van der Waals surface area (Å²) in [5.74, 6) is -2.90. The Morgan fingerprint density at radius 3 is 2.24 bits per heavy atom. The van der Waals surface area contributed by atoms with E-state index in [1.54, 1.807) is 19.9 Å². The zero-order valence-corrected chi connectivity index (χ0v) is 23.9. The number of nitro benzene ring substituents is 1. The highest BCUT2D eigenvalue weighted by Crippen LogP contribution is 2.42. The second-order valence-electron chi connectivity index (χ2n) is 10.4. The van der Waals surface area contributed by atoms with E-state index in [1.807, 2.05) is 0 Å². The molecule has 0 aliphatic carbocycles. The number of hydrogen-bond acceptors (Lipinski definition) is 9. The van der Waals surface area contributed by atoms with Gasteiger partial charge in [-0.1, -0.05) is 18.2 Å². The zero-order valence-electron chi connectivity index (χ0n) is 23.9. The fraction of sp³-hybridized carbons (Fsp3) is 0.387. The molecule has 0 spiro atoms. The van der Waals surface area contributed by atoms with E-state index in [-0.39, 0.29) is 46.5 Å². The van der Waals surface area contributed by atoms with Crippen LogP contribution in [0.15, 0.2) is 71.1 Å². The molecule has 2 aromatic carbocycles. The largest absolute Gasteiger partial charge is 0.466 e. The predicted molar refractivity (Wildman–Crippen MR) is 152 cm³/mol. The van der Waals surface area contributed by atoms with Crippen LogP contribution in [0, 0.1) is 21.8 Å². The average molecular weight is 580 g/mol. The second-order valence-corrected chi connectivity index (χ2v) is 10.4. The molecule has 2 heterocycles. The molecule has 10 nitrogen and oxygen atoms in total. The molecule has 0 radical (unpaired) electrons. The van der Waals surface area contributed by atoms with Crippen molar-refractivity contribution in [2.45, 2.75) is 39.0 Å². The fourth-order valence-electron chi connectivity index (χ4n) is 5.65. The third-order valence-corrected chi connectivity index (χ3v) is 7.77. The van der Waals surface area contributed by atoms with Crippen LogP contribution in [0.2, 0.25) is 0 Å². The standard InChI is InChI=1S/C31H34FN3O7/c1-19-26(30(37)41-3)28(24-7-4-5-8-25(24)35(39)40)27(20(2)33-19)31(38)42-18-6-15-34-16-13-22(14-17-34)29(36)21-9-11-23(32)12-10-21/h4-5,7-12,22,28,33H,6,13-18H2,1-3H3. The molecule has 1 N–H and O–H groups in total. The Kier molecular flexibility index (Phi) is 9.84. The number of halogens is 1. The van der Waals surface area contributed by atoms with Gasteiger partial charge in [-0.15, -0.1) is 0 Å². The average Bonchev–Trinajstić information content (AvgIpc) is 2.98. The maximum atomic E-state index is 13.4. The molecule has 2 aromatic rings. The van der Waals surface area contributed by atoms with Crippen molar-refractivity contribution < 1.29 is 33.2 Å². The van der Waals surface area contributed by atoms with Crippen molar-refractivity contribution in [2.24, 2.45) is 5.92 Å². The van der Waals surface area contributed by atoms with E-state index in [0.29, 0.717) is 55.9 Å². The van der Waals surface area contributed by atoms with Gasteiger partial charge in [0, 0.05) is 41.1 Å². The first kappa shape index (κ1) is 30.6. The van der Waals surface area contributed by atoms with Crippen molar-refractivity contribution in [3.63, 3.8) is 0 Å². The topological polar surface area (TPSA) is 128 Å². The number of nitrogens with zero attached hydrogens (tertiary/aromatic N) is 2. The van der Waals surface area contributed by atoms with Gasteiger partial charge in [0.2, 0.25) is 0 Å². The lowest BCUT2D eigenvalue weighted by molar-refractivity contribution is -0.385. The highest BCUT2D eigenvalue weighted by Gasteiger charge is 2.40. The van der Waals surface area contributed by atoms with Gasteiger partial charge >= 0.3 is 11.9 Å². The van der Waals surface area contributed by atoms with Gasteiger partial charge in [-0.3, -0.25) is 14.9 Å². The third-order valence-electron chi connectivity index (χ3n) is 7.77. The highest BCUT2D eigenvalue weighted by molar-refractivity contribution is 6.00. The van der Waals surface area contributed by atoms with Crippen molar-refractivity contribution in [1.82, 2.24) is 10.2 Å². The number of rotatable bonds is 10. The maximum Gasteiger partial charge on any atom is 0.336 e. The lowest BCUT2D eigenvalue weighted by Crippen LogP contribution is -2.37. The summed E-state index contributed by atoms with van der Waals surface area (Å²) in [7, 11) is 1.21. The number of piperidine rings is 1. The number of benzene rings is 2. The Morgan fingerprint density at radius 1 is 1.00 bits per heavy atom. The van der Waals surface area contributed by atoms with Crippen LogP contribution in [0.4, 0.5) is 10.1 Å². The number of ketones is 1. The van der Waals surface area contributed by atoms with Crippen LogP contribution in [0.1, 0.15) is 54.9 Å². The lowest BCUT2D eigenvalue weighted by Gasteiger charge is -2.31. The molecule has 0 saturated carbocycles. The number of carbonyl (C=O) groups excluding carboxylic acids is 3. The van der Waals surface area contributed by atoms with Gasteiger partial charge in [-0.05, 0) is 70.5 Å². The van der Waals surface area contributed by atoms with Gasteiger partial charge in [0.1, 0.15) is 5.82 Å². The normalized spacial score (nSPS) is 18.0. The predicted octanol–water partition coefficient (Wildman–Crippen LogP) is 4.67. The number of nitro groups is 1. The van der Waals surface area contributed by atoms with Crippen LogP contribution in [0.3, 0.4) is 0 Å². The number of likely N-dealkylation sites (tertiary alicyclic amines) is 1. The molecule has 2 aliphatic heterocycles. The van der Waals surface area contributed by atoms with Crippen LogP contribution in [-0.4, -0.2) is 60.9 Å². The highest BCUT2D eigenvalue weighted by atomic mass is 19.1. The van der Waals surface area contributed by atoms with E-state index in [4.69, 9.17) is 9.47 Å². The molecule has 1 unspecified atom stereocenters. The first-order chi connectivity index (χ1) is 20.1.